The quantitative estimate of drug-likeness (QED) is 0.900. The van der Waals surface area contributed by atoms with E-state index in [4.69, 9.17) is 22.1 Å². The van der Waals surface area contributed by atoms with Crippen LogP contribution >= 0.6 is 27.5 Å². The number of carbonyl (C=O) groups excluding carboxylic acids is 1. The summed E-state index contributed by atoms with van der Waals surface area (Å²) in [6, 6.07) is 9.08. The Balaban J connectivity index is 2.10. The zero-order valence-corrected chi connectivity index (χ0v) is 12.5. The average molecular weight is 359 g/mol. The molecular formula is C14H10BrClFNO2. The van der Waals surface area contributed by atoms with Crippen LogP contribution in [0.3, 0.4) is 0 Å². The largest absolute Gasteiger partial charge is 0.489 e. The van der Waals surface area contributed by atoms with Crippen LogP contribution in [0, 0.1) is 5.82 Å². The van der Waals surface area contributed by atoms with Gasteiger partial charge in [0.1, 0.15) is 18.2 Å². The zero-order valence-electron chi connectivity index (χ0n) is 10.2. The highest BCUT2D eigenvalue weighted by Gasteiger charge is 2.07. The van der Waals surface area contributed by atoms with Gasteiger partial charge in [-0.1, -0.05) is 17.7 Å². The number of carbonyl (C=O) groups is 1. The number of hydrogen-bond acceptors (Lipinski definition) is 2. The van der Waals surface area contributed by atoms with Crippen LogP contribution in [-0.4, -0.2) is 5.91 Å². The highest BCUT2D eigenvalue weighted by molar-refractivity contribution is 9.10. The van der Waals surface area contributed by atoms with E-state index < -0.39 is 5.91 Å². The third kappa shape index (κ3) is 3.49. The summed E-state index contributed by atoms with van der Waals surface area (Å²) in [6.07, 6.45) is 0. The van der Waals surface area contributed by atoms with Gasteiger partial charge in [-0.2, -0.15) is 0 Å². The van der Waals surface area contributed by atoms with Gasteiger partial charge in [0.25, 0.3) is 0 Å². The molecule has 0 aliphatic heterocycles. The van der Waals surface area contributed by atoms with Gasteiger partial charge < -0.3 is 10.5 Å². The summed E-state index contributed by atoms with van der Waals surface area (Å²) in [7, 11) is 0. The number of primary amides is 1. The molecule has 0 saturated carbocycles. The van der Waals surface area contributed by atoms with Crippen molar-refractivity contribution < 1.29 is 13.9 Å². The maximum atomic E-state index is 13.1. The van der Waals surface area contributed by atoms with E-state index in [2.05, 4.69) is 15.9 Å². The first-order chi connectivity index (χ1) is 9.47. The fourth-order valence-corrected chi connectivity index (χ4v) is 2.14. The van der Waals surface area contributed by atoms with Crippen molar-refractivity contribution in [1.82, 2.24) is 0 Å². The van der Waals surface area contributed by atoms with Gasteiger partial charge >= 0.3 is 0 Å². The first-order valence-electron chi connectivity index (χ1n) is 5.63. The van der Waals surface area contributed by atoms with Crippen LogP contribution in [0.1, 0.15) is 15.9 Å². The summed E-state index contributed by atoms with van der Waals surface area (Å²) in [5, 5.41) is 0.391. The van der Waals surface area contributed by atoms with Gasteiger partial charge in [0.2, 0.25) is 5.91 Å². The summed E-state index contributed by atoms with van der Waals surface area (Å²) >= 11 is 9.12. The average Bonchev–Trinajstić information content (AvgIpc) is 2.41. The molecule has 3 nitrogen and oxygen atoms in total. The molecule has 0 atom stereocenters. The molecule has 104 valence electrons. The van der Waals surface area contributed by atoms with Gasteiger partial charge in [-0.25, -0.2) is 4.39 Å². The normalized spacial score (nSPS) is 10.3. The lowest BCUT2D eigenvalue weighted by molar-refractivity contribution is 0.1000. The molecule has 0 fully saturated rings. The van der Waals surface area contributed by atoms with Crippen molar-refractivity contribution in [2.45, 2.75) is 6.61 Å². The molecule has 0 bridgehead atoms. The standard InChI is InChI=1S/C14H10BrClFNO2/c15-11-6-10(3-4-13(11)17)20-7-9-2-1-8(14(18)19)5-12(9)16/h1-6H,7H2,(H2,18,19). The fraction of sp³-hybridized carbons (Fsp3) is 0.0714. The van der Waals surface area contributed by atoms with Crippen molar-refractivity contribution in [2.75, 3.05) is 0 Å². The molecular weight excluding hydrogens is 349 g/mol. The lowest BCUT2D eigenvalue weighted by atomic mass is 10.1. The molecule has 2 rings (SSSR count). The molecule has 2 aromatic carbocycles. The van der Waals surface area contributed by atoms with Crippen molar-refractivity contribution in [3.63, 3.8) is 0 Å². The number of amides is 1. The summed E-state index contributed by atoms with van der Waals surface area (Å²) in [5.41, 5.74) is 6.20. The minimum atomic E-state index is -0.540. The molecule has 20 heavy (non-hydrogen) atoms. The van der Waals surface area contributed by atoms with Crippen LogP contribution < -0.4 is 10.5 Å². The Morgan fingerprint density at radius 3 is 2.65 bits per heavy atom. The molecule has 2 N–H and O–H groups in total. The van der Waals surface area contributed by atoms with Gasteiger partial charge in [0.05, 0.1) is 4.47 Å². The van der Waals surface area contributed by atoms with Gasteiger partial charge in [-0.05, 0) is 46.3 Å². The van der Waals surface area contributed by atoms with E-state index in [-0.39, 0.29) is 12.4 Å². The van der Waals surface area contributed by atoms with Crippen molar-refractivity contribution >= 4 is 33.4 Å². The van der Waals surface area contributed by atoms with Crippen molar-refractivity contribution in [3.8, 4) is 5.75 Å². The molecule has 6 heteroatoms. The first kappa shape index (κ1) is 14.8. The SMILES string of the molecule is NC(=O)c1ccc(COc2ccc(F)c(Br)c2)c(Cl)c1. The summed E-state index contributed by atoms with van der Waals surface area (Å²) < 4.78 is 18.9. The van der Waals surface area contributed by atoms with Crippen molar-refractivity contribution in [2.24, 2.45) is 5.73 Å². The van der Waals surface area contributed by atoms with Gasteiger partial charge in [0.15, 0.2) is 0 Å². The lowest BCUT2D eigenvalue weighted by Gasteiger charge is -2.09. The molecule has 0 heterocycles. The zero-order chi connectivity index (χ0) is 14.7. The monoisotopic (exact) mass is 357 g/mol. The maximum absolute atomic E-state index is 13.1. The van der Waals surface area contributed by atoms with Gasteiger partial charge in [-0.15, -0.1) is 0 Å². The maximum Gasteiger partial charge on any atom is 0.248 e. The summed E-state index contributed by atoms with van der Waals surface area (Å²) in [6.45, 7) is 0.204. The number of halogens is 3. The van der Waals surface area contributed by atoms with E-state index in [1.807, 2.05) is 0 Å². The Kier molecular flexibility index (Phi) is 4.62. The van der Waals surface area contributed by atoms with Crippen LogP contribution in [0.2, 0.25) is 5.02 Å². The second-order valence-corrected chi connectivity index (χ2v) is 5.30. The Morgan fingerprint density at radius 1 is 1.30 bits per heavy atom. The second kappa shape index (κ2) is 6.24. The minimum absolute atomic E-state index is 0.204. The molecule has 0 spiro atoms. The molecule has 0 radical (unpaired) electrons. The van der Waals surface area contributed by atoms with Crippen LogP contribution in [-0.2, 0) is 6.61 Å². The van der Waals surface area contributed by atoms with Gasteiger partial charge in [-0.3, -0.25) is 4.79 Å². The molecule has 0 unspecified atom stereocenters. The Bertz CT molecular complexity index is 664. The summed E-state index contributed by atoms with van der Waals surface area (Å²) in [5.74, 6) is -0.392. The second-order valence-electron chi connectivity index (χ2n) is 4.04. The molecule has 1 amide bonds. The van der Waals surface area contributed by atoms with Crippen LogP contribution in [0.4, 0.5) is 4.39 Å². The highest BCUT2D eigenvalue weighted by Crippen LogP contribution is 2.24. The van der Waals surface area contributed by atoms with Crippen LogP contribution in [0.15, 0.2) is 40.9 Å². The third-order valence-electron chi connectivity index (χ3n) is 2.62. The van der Waals surface area contributed by atoms with E-state index >= 15 is 0 Å². The summed E-state index contributed by atoms with van der Waals surface area (Å²) in [4.78, 5) is 11.0. The Hall–Kier alpha value is -1.59. The third-order valence-corrected chi connectivity index (χ3v) is 3.58. The van der Waals surface area contributed by atoms with E-state index in [1.165, 1.54) is 24.3 Å². The molecule has 0 aliphatic rings. The van der Waals surface area contributed by atoms with Crippen molar-refractivity contribution in [1.29, 1.82) is 0 Å². The van der Waals surface area contributed by atoms with E-state index in [0.717, 1.165) is 0 Å². The fourth-order valence-electron chi connectivity index (χ4n) is 1.55. The predicted molar refractivity (Wildman–Crippen MR) is 78.4 cm³/mol. The minimum Gasteiger partial charge on any atom is -0.489 e. The van der Waals surface area contributed by atoms with Crippen LogP contribution in [0.25, 0.3) is 0 Å². The molecule has 0 aromatic heterocycles. The van der Waals surface area contributed by atoms with Crippen molar-refractivity contribution in [3.05, 3.63) is 62.8 Å². The predicted octanol–water partition coefficient (Wildman–Crippen LogP) is 3.92. The van der Waals surface area contributed by atoms with E-state index in [0.29, 0.717) is 26.4 Å². The first-order valence-corrected chi connectivity index (χ1v) is 6.80. The van der Waals surface area contributed by atoms with Gasteiger partial charge in [0, 0.05) is 16.1 Å². The number of hydrogen-bond donors (Lipinski definition) is 1. The smallest absolute Gasteiger partial charge is 0.248 e. The lowest BCUT2D eigenvalue weighted by Crippen LogP contribution is -2.11. The molecule has 0 saturated heterocycles. The van der Waals surface area contributed by atoms with E-state index in [9.17, 15) is 9.18 Å². The number of ether oxygens (including phenoxy) is 1. The topological polar surface area (TPSA) is 52.3 Å². The Labute approximate surface area is 128 Å². The molecule has 2 aromatic rings. The Morgan fingerprint density at radius 2 is 2.05 bits per heavy atom. The number of benzene rings is 2. The number of nitrogens with two attached hydrogens (primary N) is 1. The van der Waals surface area contributed by atoms with Crippen LogP contribution in [0.5, 0.6) is 5.75 Å². The van der Waals surface area contributed by atoms with E-state index in [1.54, 1.807) is 12.1 Å². The number of rotatable bonds is 4. The molecule has 0 aliphatic carbocycles. The highest BCUT2D eigenvalue weighted by atomic mass is 79.9.